The minimum atomic E-state index is -0.807. The van der Waals surface area contributed by atoms with Gasteiger partial charge in [-0.2, -0.15) is 0 Å². The third kappa shape index (κ3) is 1.93. The molecule has 19 heavy (non-hydrogen) atoms. The van der Waals surface area contributed by atoms with Crippen LogP contribution in [0.15, 0.2) is 6.07 Å². The van der Waals surface area contributed by atoms with Crippen molar-refractivity contribution in [2.24, 2.45) is 11.7 Å². The lowest BCUT2D eigenvalue weighted by molar-refractivity contribution is -0.142. The number of primary amides is 1. The molecule has 1 aliphatic carbocycles. The fourth-order valence-electron chi connectivity index (χ4n) is 2.69. The summed E-state index contributed by atoms with van der Waals surface area (Å²) in [5.74, 6) is -1.14. The lowest BCUT2D eigenvalue weighted by Crippen LogP contribution is -2.51. The largest absolute Gasteiger partial charge is 0.481 e. The molecular weight excluding hydrogens is 246 g/mol. The molecule has 100 valence electrons. The van der Waals surface area contributed by atoms with Crippen molar-refractivity contribution < 1.29 is 14.7 Å². The average molecular weight is 261 g/mol. The number of carboxylic acid groups (broad SMARTS) is 1. The Bertz CT molecular complexity index is 564. The number of nitrogens with two attached hydrogens (primary N) is 1. The smallest absolute Gasteiger partial charge is 0.310 e. The van der Waals surface area contributed by atoms with E-state index in [0.29, 0.717) is 24.5 Å². The molecule has 1 aromatic rings. The van der Waals surface area contributed by atoms with E-state index in [1.54, 1.807) is 0 Å². The van der Waals surface area contributed by atoms with E-state index in [9.17, 15) is 9.59 Å². The molecule has 1 aromatic heterocycles. The Hall–Kier alpha value is -2.11. The van der Waals surface area contributed by atoms with Crippen LogP contribution >= 0.6 is 0 Å². The van der Waals surface area contributed by atoms with Crippen LogP contribution in [0, 0.1) is 5.92 Å². The number of carboxylic acids is 1. The van der Waals surface area contributed by atoms with Crippen molar-refractivity contribution in [1.82, 2.24) is 4.98 Å². The zero-order chi connectivity index (χ0) is 13.6. The number of fused-ring (bicyclic) bond motifs is 1. The quantitative estimate of drug-likeness (QED) is 0.809. The number of aliphatic carboxylic acids is 1. The summed E-state index contributed by atoms with van der Waals surface area (Å²) in [6.07, 6.45) is 2.89. The van der Waals surface area contributed by atoms with Crippen LogP contribution in [0.1, 0.15) is 28.0 Å². The average Bonchev–Trinajstić information content (AvgIpc) is 2.72. The lowest BCUT2D eigenvalue weighted by atomic mass is 9.99. The molecule has 0 saturated carbocycles. The van der Waals surface area contributed by atoms with Gasteiger partial charge in [-0.15, -0.1) is 0 Å². The van der Waals surface area contributed by atoms with Crippen LogP contribution < -0.4 is 10.6 Å². The SMILES string of the molecule is NC(=O)c1cc2c(nc1N1CC(C(=O)O)C1)CCC2. The number of anilines is 1. The fourth-order valence-corrected chi connectivity index (χ4v) is 2.69. The number of aromatic nitrogens is 1. The summed E-state index contributed by atoms with van der Waals surface area (Å²) in [4.78, 5) is 28.7. The number of aryl methyl sites for hydroxylation is 2. The number of carbonyl (C=O) groups is 2. The molecule has 1 amide bonds. The first kappa shape index (κ1) is 12.0. The van der Waals surface area contributed by atoms with E-state index in [2.05, 4.69) is 4.98 Å². The molecule has 6 heteroatoms. The zero-order valence-electron chi connectivity index (χ0n) is 10.4. The van der Waals surface area contributed by atoms with Gasteiger partial charge < -0.3 is 15.7 Å². The summed E-state index contributed by atoms with van der Waals surface area (Å²) in [5.41, 5.74) is 7.91. The van der Waals surface area contributed by atoms with E-state index in [-0.39, 0.29) is 5.92 Å². The highest BCUT2D eigenvalue weighted by atomic mass is 16.4. The van der Waals surface area contributed by atoms with Crippen molar-refractivity contribution in [3.63, 3.8) is 0 Å². The highest BCUT2D eigenvalue weighted by Crippen LogP contribution is 2.31. The van der Waals surface area contributed by atoms with Gasteiger partial charge in [0.05, 0.1) is 11.5 Å². The predicted octanol–water partition coefficient (Wildman–Crippen LogP) is 0.190. The summed E-state index contributed by atoms with van der Waals surface area (Å²) < 4.78 is 0. The first-order chi connectivity index (χ1) is 9.06. The molecule has 3 N–H and O–H groups in total. The van der Waals surface area contributed by atoms with Gasteiger partial charge in [0.1, 0.15) is 5.82 Å². The van der Waals surface area contributed by atoms with Crippen LogP contribution in [0.2, 0.25) is 0 Å². The van der Waals surface area contributed by atoms with Crippen LogP contribution in [0.25, 0.3) is 0 Å². The van der Waals surface area contributed by atoms with E-state index < -0.39 is 11.9 Å². The van der Waals surface area contributed by atoms with Gasteiger partial charge in [-0.3, -0.25) is 9.59 Å². The molecule has 2 aliphatic rings. The maximum absolute atomic E-state index is 11.5. The first-order valence-corrected chi connectivity index (χ1v) is 6.36. The molecule has 0 bridgehead atoms. The Morgan fingerprint density at radius 3 is 2.74 bits per heavy atom. The van der Waals surface area contributed by atoms with E-state index in [1.165, 1.54) is 0 Å². The van der Waals surface area contributed by atoms with Crippen molar-refractivity contribution in [2.45, 2.75) is 19.3 Å². The molecule has 3 rings (SSSR count). The first-order valence-electron chi connectivity index (χ1n) is 6.36. The van der Waals surface area contributed by atoms with Crippen LogP contribution in [-0.4, -0.2) is 35.1 Å². The van der Waals surface area contributed by atoms with E-state index in [0.717, 1.165) is 30.5 Å². The standard InChI is InChI=1S/C13H15N3O3/c14-11(17)9-4-7-2-1-3-10(7)15-12(9)16-5-8(6-16)13(18)19/h4,8H,1-3,5-6H2,(H2,14,17)(H,18,19). The van der Waals surface area contributed by atoms with Crippen molar-refractivity contribution >= 4 is 17.7 Å². The second-order valence-corrected chi connectivity index (χ2v) is 5.12. The van der Waals surface area contributed by atoms with Gasteiger partial charge in [-0.1, -0.05) is 0 Å². The molecule has 0 spiro atoms. The highest BCUT2D eigenvalue weighted by Gasteiger charge is 2.35. The van der Waals surface area contributed by atoms with Crippen molar-refractivity contribution in [3.8, 4) is 0 Å². The number of hydrogen-bond donors (Lipinski definition) is 2. The molecule has 6 nitrogen and oxygen atoms in total. The normalized spacial score (nSPS) is 18.0. The molecular formula is C13H15N3O3. The number of carbonyl (C=O) groups excluding carboxylic acids is 1. The maximum Gasteiger partial charge on any atom is 0.310 e. The van der Waals surface area contributed by atoms with Gasteiger partial charge in [0, 0.05) is 18.8 Å². The Balaban J connectivity index is 1.92. The molecule has 0 unspecified atom stereocenters. The Labute approximate surface area is 110 Å². The number of rotatable bonds is 3. The van der Waals surface area contributed by atoms with Crippen molar-refractivity contribution in [1.29, 1.82) is 0 Å². The lowest BCUT2D eigenvalue weighted by Gasteiger charge is -2.38. The Morgan fingerprint density at radius 2 is 2.11 bits per heavy atom. The van der Waals surface area contributed by atoms with Gasteiger partial charge in [0.2, 0.25) is 0 Å². The Kier molecular flexibility index (Phi) is 2.66. The van der Waals surface area contributed by atoms with Crippen LogP contribution in [0.3, 0.4) is 0 Å². The number of hydrogen-bond acceptors (Lipinski definition) is 4. The third-order valence-corrected chi connectivity index (χ3v) is 3.83. The summed E-state index contributed by atoms with van der Waals surface area (Å²) in [6.45, 7) is 0.781. The van der Waals surface area contributed by atoms with E-state index >= 15 is 0 Å². The van der Waals surface area contributed by atoms with Gasteiger partial charge in [0.15, 0.2) is 0 Å². The summed E-state index contributed by atoms with van der Waals surface area (Å²) in [7, 11) is 0. The molecule has 0 radical (unpaired) electrons. The van der Waals surface area contributed by atoms with Crippen molar-refractivity contribution in [3.05, 3.63) is 22.9 Å². The fraction of sp³-hybridized carbons (Fsp3) is 0.462. The summed E-state index contributed by atoms with van der Waals surface area (Å²) in [6, 6.07) is 1.82. The molecule has 1 aliphatic heterocycles. The highest BCUT2D eigenvalue weighted by molar-refractivity contribution is 5.98. The van der Waals surface area contributed by atoms with Crippen molar-refractivity contribution in [2.75, 3.05) is 18.0 Å². The van der Waals surface area contributed by atoms with Crippen LogP contribution in [0.5, 0.6) is 0 Å². The molecule has 1 fully saturated rings. The molecule has 2 heterocycles. The van der Waals surface area contributed by atoms with Gasteiger partial charge in [-0.05, 0) is 30.9 Å². The second kappa shape index (κ2) is 4.22. The maximum atomic E-state index is 11.5. The monoisotopic (exact) mass is 261 g/mol. The second-order valence-electron chi connectivity index (χ2n) is 5.12. The molecule has 0 aromatic carbocycles. The predicted molar refractivity (Wildman–Crippen MR) is 68.1 cm³/mol. The van der Waals surface area contributed by atoms with Gasteiger partial charge in [-0.25, -0.2) is 4.98 Å². The number of pyridine rings is 1. The van der Waals surface area contributed by atoms with Gasteiger partial charge in [0.25, 0.3) is 5.91 Å². The Morgan fingerprint density at radius 1 is 1.37 bits per heavy atom. The minimum Gasteiger partial charge on any atom is -0.481 e. The minimum absolute atomic E-state index is 0.379. The van der Waals surface area contributed by atoms with Gasteiger partial charge >= 0.3 is 5.97 Å². The number of amides is 1. The van der Waals surface area contributed by atoms with Crippen LogP contribution in [0.4, 0.5) is 5.82 Å². The van der Waals surface area contributed by atoms with E-state index in [1.807, 2.05) is 11.0 Å². The third-order valence-electron chi connectivity index (χ3n) is 3.83. The molecule has 1 saturated heterocycles. The topological polar surface area (TPSA) is 96.5 Å². The van der Waals surface area contributed by atoms with Crippen LogP contribution in [-0.2, 0) is 17.6 Å². The number of nitrogens with zero attached hydrogens (tertiary/aromatic N) is 2. The van der Waals surface area contributed by atoms with E-state index in [4.69, 9.17) is 10.8 Å². The molecule has 0 atom stereocenters. The summed E-state index contributed by atoms with van der Waals surface area (Å²) >= 11 is 0. The summed E-state index contributed by atoms with van der Waals surface area (Å²) in [5, 5.41) is 8.89. The zero-order valence-corrected chi connectivity index (χ0v) is 10.4.